The van der Waals surface area contributed by atoms with E-state index in [0.29, 0.717) is 0 Å². The lowest BCUT2D eigenvalue weighted by Gasteiger charge is -2.02. The third kappa shape index (κ3) is 3.00. The normalized spacial score (nSPS) is 8.65. The average Bonchev–Trinajstić information content (AvgIpc) is 2.29. The molecule has 1 rings (SSSR count). The molecule has 0 radical (unpaired) electrons. The molecule has 8 heteroatoms. The molecule has 0 saturated heterocycles. The van der Waals surface area contributed by atoms with Gasteiger partial charge in [-0.05, 0) is 28.1 Å². The zero-order chi connectivity index (χ0) is 12.8. The molecule has 0 heterocycles. The van der Waals surface area contributed by atoms with E-state index in [1.807, 2.05) is 0 Å². The molecule has 1 N–H and O–H groups in total. The Morgan fingerprint density at radius 3 is 2.65 bits per heavy atom. The van der Waals surface area contributed by atoms with E-state index in [1.54, 1.807) is 6.07 Å². The van der Waals surface area contributed by atoms with Gasteiger partial charge in [0.2, 0.25) is 5.71 Å². The highest BCUT2D eigenvalue weighted by atomic mass is 79.9. The van der Waals surface area contributed by atoms with Crippen molar-refractivity contribution in [2.24, 2.45) is 5.10 Å². The fraction of sp³-hybridized carbons (Fsp3) is 0. The third-order valence-electron chi connectivity index (χ3n) is 1.67. The monoisotopic (exact) mass is 293 g/mol. The molecule has 0 fully saturated rings. The molecule has 0 aliphatic carbocycles. The van der Waals surface area contributed by atoms with Crippen molar-refractivity contribution in [3.8, 4) is 12.1 Å². The predicted molar refractivity (Wildman–Crippen MR) is 63.1 cm³/mol. The maximum atomic E-state index is 10.8. The molecule has 0 aliphatic heterocycles. The summed E-state index contributed by atoms with van der Waals surface area (Å²) in [6.07, 6.45) is 0. The number of hydrazone groups is 1. The van der Waals surface area contributed by atoms with Gasteiger partial charge in [-0.1, -0.05) is 6.07 Å². The number of nitrogens with one attached hydrogen (secondary N) is 1. The highest BCUT2D eigenvalue weighted by Gasteiger charge is 2.17. The quantitative estimate of drug-likeness (QED) is 0.521. The summed E-state index contributed by atoms with van der Waals surface area (Å²) in [5.74, 6) is 0. The van der Waals surface area contributed by atoms with Crippen LogP contribution >= 0.6 is 15.9 Å². The first-order valence-corrected chi connectivity index (χ1v) is 4.96. The number of nitriles is 2. The van der Waals surface area contributed by atoms with Crippen LogP contribution in [0.5, 0.6) is 0 Å². The zero-order valence-corrected chi connectivity index (χ0v) is 9.80. The number of nitrogens with zero attached hydrogens (tertiary/aromatic N) is 4. The summed E-state index contributed by atoms with van der Waals surface area (Å²) in [5.41, 5.74) is 1.77. The Labute approximate surface area is 104 Å². The van der Waals surface area contributed by atoms with E-state index in [-0.39, 0.29) is 15.8 Å². The van der Waals surface area contributed by atoms with Gasteiger partial charge in [-0.15, -0.1) is 0 Å². The molecule has 0 bridgehead atoms. The molecule has 0 atom stereocenters. The molecule has 0 amide bonds. The maximum Gasteiger partial charge on any atom is 0.308 e. The van der Waals surface area contributed by atoms with E-state index in [4.69, 9.17) is 10.5 Å². The first-order chi connectivity index (χ1) is 8.10. The van der Waals surface area contributed by atoms with E-state index >= 15 is 0 Å². The van der Waals surface area contributed by atoms with Crippen LogP contribution in [0.25, 0.3) is 0 Å². The highest BCUT2D eigenvalue weighted by Crippen LogP contribution is 2.32. The largest absolute Gasteiger partial charge is 0.308 e. The van der Waals surface area contributed by atoms with Crippen LogP contribution in [0.3, 0.4) is 0 Å². The van der Waals surface area contributed by atoms with Crippen LogP contribution in [-0.2, 0) is 0 Å². The Morgan fingerprint density at radius 2 is 2.12 bits per heavy atom. The van der Waals surface area contributed by atoms with Gasteiger partial charge >= 0.3 is 5.69 Å². The van der Waals surface area contributed by atoms with Crippen molar-refractivity contribution < 1.29 is 4.92 Å². The Morgan fingerprint density at radius 1 is 1.47 bits per heavy atom. The number of benzene rings is 1. The predicted octanol–water partition coefficient (Wildman–Crippen LogP) is 2.17. The summed E-state index contributed by atoms with van der Waals surface area (Å²) in [7, 11) is 0. The van der Waals surface area contributed by atoms with Crippen LogP contribution in [0.2, 0.25) is 0 Å². The van der Waals surface area contributed by atoms with Crippen molar-refractivity contribution in [2.75, 3.05) is 5.43 Å². The topological polar surface area (TPSA) is 115 Å². The SMILES string of the molecule is N#CC(C#N)=NNc1cccc(Br)c1[N+](=O)[O-]. The van der Waals surface area contributed by atoms with Crippen LogP contribution < -0.4 is 5.43 Å². The maximum absolute atomic E-state index is 10.8. The van der Waals surface area contributed by atoms with Gasteiger partial charge in [0.1, 0.15) is 17.8 Å². The number of nitro groups is 1. The standard InChI is InChI=1S/C9H4BrN5O2/c10-7-2-1-3-8(9(7)15(16)17)14-13-6(4-11)5-12/h1-3,14H. The van der Waals surface area contributed by atoms with E-state index in [0.717, 1.165) is 0 Å². The molecule has 1 aromatic carbocycles. The van der Waals surface area contributed by atoms with Crippen molar-refractivity contribution in [1.82, 2.24) is 0 Å². The number of halogens is 1. The minimum absolute atomic E-state index is 0.0902. The Hall–Kier alpha value is -2.45. The van der Waals surface area contributed by atoms with Gasteiger partial charge in [-0.3, -0.25) is 15.5 Å². The second-order valence-corrected chi connectivity index (χ2v) is 3.54. The number of nitro benzene ring substituents is 1. The minimum Gasteiger partial charge on any atom is -0.270 e. The van der Waals surface area contributed by atoms with E-state index in [9.17, 15) is 10.1 Å². The smallest absolute Gasteiger partial charge is 0.270 e. The lowest BCUT2D eigenvalue weighted by Crippen LogP contribution is -2.00. The summed E-state index contributed by atoms with van der Waals surface area (Å²) in [6, 6.07) is 7.54. The molecule has 84 valence electrons. The summed E-state index contributed by atoms with van der Waals surface area (Å²) < 4.78 is 0.276. The fourth-order valence-corrected chi connectivity index (χ4v) is 1.49. The number of para-hydroxylation sites is 1. The van der Waals surface area contributed by atoms with Crippen molar-refractivity contribution in [3.63, 3.8) is 0 Å². The molecule has 7 nitrogen and oxygen atoms in total. The summed E-state index contributed by atoms with van der Waals surface area (Å²) >= 11 is 3.03. The molecular formula is C9H4BrN5O2. The molecule has 0 spiro atoms. The number of hydrogen-bond acceptors (Lipinski definition) is 6. The van der Waals surface area contributed by atoms with Gasteiger partial charge in [0.25, 0.3) is 0 Å². The number of rotatable bonds is 3. The highest BCUT2D eigenvalue weighted by molar-refractivity contribution is 9.10. The van der Waals surface area contributed by atoms with Gasteiger partial charge in [0, 0.05) is 0 Å². The van der Waals surface area contributed by atoms with Crippen LogP contribution in [0.15, 0.2) is 27.8 Å². The second-order valence-electron chi connectivity index (χ2n) is 2.69. The van der Waals surface area contributed by atoms with Gasteiger partial charge in [0.15, 0.2) is 0 Å². The molecule has 1 aromatic rings. The minimum atomic E-state index is -0.597. The summed E-state index contributed by atoms with van der Waals surface area (Å²) in [6.45, 7) is 0. The molecule has 17 heavy (non-hydrogen) atoms. The van der Waals surface area contributed by atoms with Crippen molar-refractivity contribution in [2.45, 2.75) is 0 Å². The summed E-state index contributed by atoms with van der Waals surface area (Å²) in [5, 5.41) is 31.1. The van der Waals surface area contributed by atoms with Crippen LogP contribution in [0, 0.1) is 32.8 Å². The lowest BCUT2D eigenvalue weighted by molar-refractivity contribution is -0.384. The van der Waals surface area contributed by atoms with Crippen molar-refractivity contribution >= 4 is 33.0 Å². The number of anilines is 1. The van der Waals surface area contributed by atoms with E-state index in [1.165, 1.54) is 24.3 Å². The van der Waals surface area contributed by atoms with Gasteiger partial charge in [-0.2, -0.15) is 15.6 Å². The first kappa shape index (κ1) is 12.6. The van der Waals surface area contributed by atoms with Crippen molar-refractivity contribution in [3.05, 3.63) is 32.8 Å². The Balaban J connectivity index is 3.14. The average molecular weight is 294 g/mol. The zero-order valence-electron chi connectivity index (χ0n) is 8.22. The fourth-order valence-electron chi connectivity index (χ4n) is 0.982. The van der Waals surface area contributed by atoms with E-state index < -0.39 is 10.6 Å². The molecule has 0 aliphatic rings. The van der Waals surface area contributed by atoms with Crippen LogP contribution in [0.1, 0.15) is 0 Å². The Kier molecular flexibility index (Phi) is 4.14. The van der Waals surface area contributed by atoms with Gasteiger partial charge in [0.05, 0.1) is 9.40 Å². The molecular weight excluding hydrogens is 290 g/mol. The van der Waals surface area contributed by atoms with Crippen LogP contribution in [0.4, 0.5) is 11.4 Å². The van der Waals surface area contributed by atoms with E-state index in [2.05, 4.69) is 26.5 Å². The first-order valence-electron chi connectivity index (χ1n) is 4.17. The molecule has 0 unspecified atom stereocenters. The second kappa shape index (κ2) is 5.58. The van der Waals surface area contributed by atoms with Gasteiger partial charge < -0.3 is 0 Å². The van der Waals surface area contributed by atoms with Gasteiger partial charge in [-0.25, -0.2) is 0 Å². The third-order valence-corrected chi connectivity index (χ3v) is 2.31. The summed E-state index contributed by atoms with van der Waals surface area (Å²) in [4.78, 5) is 10.2. The number of hydrogen-bond donors (Lipinski definition) is 1. The van der Waals surface area contributed by atoms with Crippen molar-refractivity contribution in [1.29, 1.82) is 10.5 Å². The molecule has 0 saturated carbocycles. The molecule has 0 aromatic heterocycles. The lowest BCUT2D eigenvalue weighted by atomic mass is 10.3. The van der Waals surface area contributed by atoms with Crippen LogP contribution in [-0.4, -0.2) is 10.6 Å². The Bertz CT molecular complexity index is 554.